The minimum Gasteiger partial charge on any atom is -0.352 e. The number of hydrogen-bond acceptors (Lipinski definition) is 5. The Bertz CT molecular complexity index is 1030. The van der Waals surface area contributed by atoms with E-state index >= 15 is 0 Å². The Morgan fingerprint density at radius 2 is 1.88 bits per heavy atom. The molecule has 0 aliphatic heterocycles. The number of rotatable bonds is 5. The second-order valence-electron chi connectivity index (χ2n) is 5.55. The van der Waals surface area contributed by atoms with Crippen LogP contribution in [0, 0.1) is 25.5 Å². The first kappa shape index (κ1) is 17.8. The van der Waals surface area contributed by atoms with Crippen LogP contribution < -0.4 is 10.0 Å². The van der Waals surface area contributed by atoms with Crippen LogP contribution in [0.1, 0.15) is 11.4 Å². The molecule has 0 aliphatic rings. The van der Waals surface area contributed by atoms with Crippen molar-refractivity contribution >= 4 is 27.2 Å². The van der Waals surface area contributed by atoms with Gasteiger partial charge in [0.25, 0.3) is 10.0 Å². The second-order valence-corrected chi connectivity index (χ2v) is 7.17. The van der Waals surface area contributed by atoms with Gasteiger partial charge in [-0.1, -0.05) is 0 Å². The number of nitrogens with zero attached hydrogens (tertiary/aromatic N) is 2. The van der Waals surface area contributed by atoms with Crippen LogP contribution in [0.3, 0.4) is 0 Å². The van der Waals surface area contributed by atoms with E-state index in [1.807, 2.05) is 0 Å². The van der Waals surface area contributed by atoms with E-state index in [1.165, 1.54) is 24.4 Å². The van der Waals surface area contributed by atoms with Crippen molar-refractivity contribution in [1.82, 2.24) is 15.2 Å². The maximum Gasteiger partial charge on any atom is 0.266 e. The third kappa shape index (κ3) is 3.64. The summed E-state index contributed by atoms with van der Waals surface area (Å²) in [6.07, 6.45) is 1.33. The molecule has 0 fully saturated rings. The molecule has 3 rings (SSSR count). The number of aromatic nitrogens is 3. The van der Waals surface area contributed by atoms with Crippen molar-refractivity contribution in [2.24, 2.45) is 0 Å². The Hall–Kier alpha value is -3.01. The van der Waals surface area contributed by atoms with Crippen molar-refractivity contribution in [3.8, 4) is 0 Å². The van der Waals surface area contributed by atoms with E-state index in [0.717, 1.165) is 12.1 Å². The highest BCUT2D eigenvalue weighted by molar-refractivity contribution is 7.92. The van der Waals surface area contributed by atoms with Gasteiger partial charge in [-0.05, 0) is 38.1 Å². The summed E-state index contributed by atoms with van der Waals surface area (Å²) in [5.74, 6) is -1.34. The highest BCUT2D eigenvalue weighted by Gasteiger charge is 2.22. The minimum atomic E-state index is -3.84. The molecule has 0 saturated heterocycles. The van der Waals surface area contributed by atoms with Crippen LogP contribution in [0.5, 0.6) is 0 Å². The van der Waals surface area contributed by atoms with Crippen LogP contribution >= 0.6 is 0 Å². The molecule has 10 heteroatoms. The molecular weight excluding hydrogens is 364 g/mol. The summed E-state index contributed by atoms with van der Waals surface area (Å²) in [6.45, 7) is 3.18. The molecule has 0 spiro atoms. The van der Waals surface area contributed by atoms with Gasteiger partial charge in [0.15, 0.2) is 0 Å². The Kier molecular flexibility index (Phi) is 4.60. The van der Waals surface area contributed by atoms with E-state index in [4.69, 9.17) is 0 Å². The first-order chi connectivity index (χ1) is 12.3. The number of sulfonamides is 1. The zero-order chi connectivity index (χ0) is 18.9. The van der Waals surface area contributed by atoms with Gasteiger partial charge in [-0.3, -0.25) is 9.82 Å². The summed E-state index contributed by atoms with van der Waals surface area (Å²) in [5.41, 5.74) is 1.25. The third-order valence-electron chi connectivity index (χ3n) is 3.54. The number of pyridine rings is 1. The van der Waals surface area contributed by atoms with Gasteiger partial charge < -0.3 is 5.32 Å². The number of halogens is 2. The van der Waals surface area contributed by atoms with E-state index in [9.17, 15) is 17.2 Å². The fourth-order valence-corrected chi connectivity index (χ4v) is 3.78. The minimum absolute atomic E-state index is 0.0647. The smallest absolute Gasteiger partial charge is 0.266 e. The zero-order valence-electron chi connectivity index (χ0n) is 13.8. The summed E-state index contributed by atoms with van der Waals surface area (Å²) < 4.78 is 53.8. The van der Waals surface area contributed by atoms with E-state index in [0.29, 0.717) is 17.1 Å². The molecule has 3 N–H and O–H groups in total. The SMILES string of the molecule is Cc1n[nH]c(C)c1S(=O)(=O)Nc1ccc(Nc2ccc(F)cc2F)cn1. The van der Waals surface area contributed by atoms with Crippen molar-refractivity contribution < 1.29 is 17.2 Å². The van der Waals surface area contributed by atoms with Crippen molar-refractivity contribution in [3.05, 3.63) is 59.6 Å². The Labute approximate surface area is 148 Å². The monoisotopic (exact) mass is 379 g/mol. The molecule has 0 saturated carbocycles. The zero-order valence-corrected chi connectivity index (χ0v) is 14.7. The summed E-state index contributed by atoms with van der Waals surface area (Å²) in [5, 5.41) is 9.21. The molecule has 3 aromatic rings. The van der Waals surface area contributed by atoms with Gasteiger partial charge >= 0.3 is 0 Å². The molecule has 7 nitrogen and oxygen atoms in total. The van der Waals surface area contributed by atoms with Crippen molar-refractivity contribution in [2.45, 2.75) is 18.7 Å². The molecule has 2 heterocycles. The van der Waals surface area contributed by atoms with Crippen LogP contribution in [-0.4, -0.2) is 23.6 Å². The average molecular weight is 379 g/mol. The number of aryl methyl sites for hydroxylation is 2. The number of nitrogens with one attached hydrogen (secondary N) is 3. The number of hydrogen-bond donors (Lipinski definition) is 3. The van der Waals surface area contributed by atoms with Crippen molar-refractivity contribution in [2.75, 3.05) is 10.0 Å². The van der Waals surface area contributed by atoms with Crippen LogP contribution in [0.15, 0.2) is 41.4 Å². The van der Waals surface area contributed by atoms with Crippen LogP contribution in [-0.2, 0) is 10.0 Å². The number of anilines is 3. The van der Waals surface area contributed by atoms with Gasteiger partial charge in [-0.15, -0.1) is 0 Å². The van der Waals surface area contributed by atoms with Gasteiger partial charge in [0.05, 0.1) is 29.0 Å². The lowest BCUT2D eigenvalue weighted by Crippen LogP contribution is -2.15. The highest BCUT2D eigenvalue weighted by Crippen LogP contribution is 2.23. The van der Waals surface area contributed by atoms with Crippen LogP contribution in [0.25, 0.3) is 0 Å². The van der Waals surface area contributed by atoms with Gasteiger partial charge in [0, 0.05) is 6.07 Å². The van der Waals surface area contributed by atoms with Gasteiger partial charge in [-0.25, -0.2) is 22.2 Å². The normalized spacial score (nSPS) is 11.4. The topological polar surface area (TPSA) is 99.8 Å². The largest absolute Gasteiger partial charge is 0.352 e. The van der Waals surface area contributed by atoms with Gasteiger partial charge in [0.2, 0.25) is 0 Å². The van der Waals surface area contributed by atoms with E-state index < -0.39 is 21.7 Å². The lowest BCUT2D eigenvalue weighted by Gasteiger charge is -2.10. The highest BCUT2D eigenvalue weighted by atomic mass is 32.2. The molecule has 136 valence electrons. The second kappa shape index (κ2) is 6.71. The Morgan fingerprint density at radius 3 is 2.46 bits per heavy atom. The van der Waals surface area contributed by atoms with Gasteiger partial charge in [-0.2, -0.15) is 5.10 Å². The molecule has 0 radical (unpaired) electrons. The van der Waals surface area contributed by atoms with Crippen molar-refractivity contribution in [1.29, 1.82) is 0 Å². The molecule has 0 aliphatic carbocycles. The molecule has 0 amide bonds. The average Bonchev–Trinajstić information content (AvgIpc) is 2.91. The summed E-state index contributed by atoms with van der Waals surface area (Å²) in [6, 6.07) is 6.07. The molecule has 0 atom stereocenters. The standard InChI is InChI=1S/C16H15F2N5O2S/c1-9-16(10(2)22-21-9)26(24,25)23-15-6-4-12(8-19-15)20-14-5-3-11(17)7-13(14)18/h3-8,20H,1-2H3,(H,19,23)(H,21,22). The Balaban J connectivity index is 1.77. The van der Waals surface area contributed by atoms with Crippen molar-refractivity contribution in [3.63, 3.8) is 0 Å². The molecular formula is C16H15F2N5O2S. The van der Waals surface area contributed by atoms with E-state index in [1.54, 1.807) is 13.8 Å². The lowest BCUT2D eigenvalue weighted by molar-refractivity contribution is 0.586. The quantitative estimate of drug-likeness (QED) is 0.632. The third-order valence-corrected chi connectivity index (χ3v) is 5.16. The molecule has 2 aromatic heterocycles. The fraction of sp³-hybridized carbons (Fsp3) is 0.125. The van der Waals surface area contributed by atoms with Crippen LogP contribution in [0.2, 0.25) is 0 Å². The maximum atomic E-state index is 13.6. The molecule has 0 unspecified atom stereocenters. The summed E-state index contributed by atoms with van der Waals surface area (Å²) in [7, 11) is -3.84. The first-order valence-corrected chi connectivity index (χ1v) is 8.97. The maximum absolute atomic E-state index is 13.6. The van der Waals surface area contributed by atoms with E-state index in [-0.39, 0.29) is 16.4 Å². The summed E-state index contributed by atoms with van der Waals surface area (Å²) in [4.78, 5) is 4.06. The molecule has 1 aromatic carbocycles. The van der Waals surface area contributed by atoms with Crippen LogP contribution in [0.4, 0.5) is 26.0 Å². The Morgan fingerprint density at radius 1 is 1.12 bits per heavy atom. The molecule has 26 heavy (non-hydrogen) atoms. The molecule has 0 bridgehead atoms. The number of aromatic amines is 1. The van der Waals surface area contributed by atoms with Gasteiger partial charge in [0.1, 0.15) is 22.3 Å². The number of H-pyrrole nitrogens is 1. The first-order valence-electron chi connectivity index (χ1n) is 7.49. The number of benzene rings is 1. The fourth-order valence-electron chi connectivity index (χ4n) is 2.40. The predicted molar refractivity (Wildman–Crippen MR) is 92.7 cm³/mol. The summed E-state index contributed by atoms with van der Waals surface area (Å²) >= 11 is 0. The predicted octanol–water partition coefficient (Wildman–Crippen LogP) is 3.24. The van der Waals surface area contributed by atoms with E-state index in [2.05, 4.69) is 25.2 Å². The lowest BCUT2D eigenvalue weighted by atomic mass is 10.3.